The molecule has 1 aromatic heterocycles. The Labute approximate surface area is 252 Å². The molecule has 1 atom stereocenters. The summed E-state index contributed by atoms with van der Waals surface area (Å²) in [5, 5.41) is 20.1. The molecule has 0 aliphatic carbocycles. The molecular weight excluding hydrogens is 574 g/mol. The second kappa shape index (κ2) is 12.9. The van der Waals surface area contributed by atoms with Gasteiger partial charge in [0.05, 0.1) is 18.2 Å². The van der Waals surface area contributed by atoms with Crippen molar-refractivity contribution in [1.82, 2.24) is 10.2 Å². The van der Waals surface area contributed by atoms with E-state index in [2.05, 4.69) is 24.0 Å². The van der Waals surface area contributed by atoms with E-state index in [4.69, 9.17) is 4.74 Å². The minimum Gasteiger partial charge on any atom is -0.507 e. The van der Waals surface area contributed by atoms with Crippen LogP contribution in [0.15, 0.2) is 82.7 Å². The van der Waals surface area contributed by atoms with Crippen molar-refractivity contribution in [3.63, 3.8) is 0 Å². The predicted octanol–water partition coefficient (Wildman–Crippen LogP) is 7.33. The fraction of sp³-hybridized carbons (Fsp3) is 0.250. The molecular formula is C32H30FN3O4S2. The number of nitrogens with zero attached hydrogens (tertiary/aromatic N) is 3. The number of benzene rings is 3. The van der Waals surface area contributed by atoms with E-state index >= 15 is 0 Å². The van der Waals surface area contributed by atoms with E-state index in [1.54, 1.807) is 42.5 Å². The van der Waals surface area contributed by atoms with E-state index in [0.29, 0.717) is 39.5 Å². The summed E-state index contributed by atoms with van der Waals surface area (Å²) in [5.74, 6) is -0.574. The standard InChI is InChI=1S/C32H30FN3O4S2/c1-19(2)15-16-40-25-6-4-5-23(17-25)27-26(28(37)22-11-7-20(3)8-12-22)29(38)30(39)36(27)31-34-35-32(42-31)41-18-21-9-13-24(33)14-10-21/h4-14,17,19,27,37H,15-16,18H2,1-3H3. The number of carbonyl (C=O) groups excluding carboxylic acids is 2. The number of anilines is 1. The van der Waals surface area contributed by atoms with Crippen molar-refractivity contribution in [1.29, 1.82) is 0 Å². The van der Waals surface area contributed by atoms with Crippen LogP contribution in [0.5, 0.6) is 5.75 Å². The molecule has 2 heterocycles. The van der Waals surface area contributed by atoms with Gasteiger partial charge in [0.25, 0.3) is 5.78 Å². The summed E-state index contributed by atoms with van der Waals surface area (Å²) in [6, 6.07) is 19.6. The van der Waals surface area contributed by atoms with E-state index in [1.165, 1.54) is 40.1 Å². The number of hydrogen-bond acceptors (Lipinski definition) is 8. The second-order valence-corrected chi connectivity index (χ2v) is 12.6. The maximum Gasteiger partial charge on any atom is 0.301 e. The van der Waals surface area contributed by atoms with Crippen molar-refractivity contribution in [2.45, 2.75) is 43.3 Å². The van der Waals surface area contributed by atoms with Crippen molar-refractivity contribution in [2.24, 2.45) is 5.92 Å². The van der Waals surface area contributed by atoms with Crippen LogP contribution in [0, 0.1) is 18.7 Å². The van der Waals surface area contributed by atoms with Gasteiger partial charge in [0.15, 0.2) is 4.34 Å². The Balaban J connectivity index is 1.52. The molecule has 4 aromatic rings. The minimum absolute atomic E-state index is 0.0288. The number of ether oxygens (including phenoxy) is 1. The highest BCUT2D eigenvalue weighted by atomic mass is 32.2. The first-order valence-corrected chi connectivity index (χ1v) is 15.3. The van der Waals surface area contributed by atoms with Crippen LogP contribution in [-0.4, -0.2) is 33.6 Å². The zero-order valence-corrected chi connectivity index (χ0v) is 25.0. The third-order valence-corrected chi connectivity index (χ3v) is 8.91. The Morgan fingerprint density at radius 2 is 1.81 bits per heavy atom. The highest BCUT2D eigenvalue weighted by molar-refractivity contribution is 8.00. The fourth-order valence-corrected chi connectivity index (χ4v) is 6.31. The number of aryl methyl sites for hydroxylation is 1. The number of rotatable bonds is 10. The number of aliphatic hydroxyl groups excluding tert-OH is 1. The third kappa shape index (κ3) is 6.55. The predicted molar refractivity (Wildman–Crippen MR) is 163 cm³/mol. The molecule has 0 saturated carbocycles. The Hall–Kier alpha value is -4.02. The molecule has 0 bridgehead atoms. The molecule has 7 nitrogen and oxygen atoms in total. The van der Waals surface area contributed by atoms with E-state index in [-0.39, 0.29) is 22.3 Å². The molecule has 1 fully saturated rings. The number of thioether (sulfide) groups is 1. The van der Waals surface area contributed by atoms with E-state index in [0.717, 1.165) is 17.5 Å². The van der Waals surface area contributed by atoms with Gasteiger partial charge in [-0.15, -0.1) is 10.2 Å². The maximum absolute atomic E-state index is 13.5. The molecule has 1 N–H and O–H groups in total. The first-order chi connectivity index (χ1) is 20.2. The van der Waals surface area contributed by atoms with Crippen molar-refractivity contribution < 1.29 is 23.8 Å². The number of hydrogen-bond donors (Lipinski definition) is 1. The van der Waals surface area contributed by atoms with E-state index < -0.39 is 17.7 Å². The molecule has 1 aliphatic heterocycles. The van der Waals surface area contributed by atoms with Gasteiger partial charge in [-0.3, -0.25) is 14.5 Å². The summed E-state index contributed by atoms with van der Waals surface area (Å²) < 4.78 is 19.8. The minimum atomic E-state index is -0.942. The van der Waals surface area contributed by atoms with Gasteiger partial charge in [0.1, 0.15) is 17.3 Å². The summed E-state index contributed by atoms with van der Waals surface area (Å²) in [7, 11) is 0. The molecule has 1 aliphatic rings. The quantitative estimate of drug-likeness (QED) is 0.0667. The van der Waals surface area contributed by atoms with Crippen LogP contribution < -0.4 is 9.64 Å². The van der Waals surface area contributed by atoms with Gasteiger partial charge in [-0.25, -0.2) is 4.39 Å². The van der Waals surface area contributed by atoms with E-state index in [1.807, 2.05) is 25.1 Å². The first kappa shape index (κ1) is 29.5. The smallest absolute Gasteiger partial charge is 0.301 e. The lowest BCUT2D eigenvalue weighted by Gasteiger charge is -2.23. The molecule has 0 radical (unpaired) electrons. The summed E-state index contributed by atoms with van der Waals surface area (Å²) in [6.45, 7) is 6.68. The second-order valence-electron chi connectivity index (χ2n) is 10.4. The lowest BCUT2D eigenvalue weighted by molar-refractivity contribution is -0.132. The van der Waals surface area contributed by atoms with Crippen LogP contribution >= 0.6 is 23.1 Å². The van der Waals surface area contributed by atoms with Crippen LogP contribution in [0.3, 0.4) is 0 Å². The van der Waals surface area contributed by atoms with Crippen LogP contribution in [0.4, 0.5) is 9.52 Å². The maximum atomic E-state index is 13.5. The van der Waals surface area contributed by atoms with Crippen molar-refractivity contribution in [3.05, 3.63) is 106 Å². The van der Waals surface area contributed by atoms with Gasteiger partial charge in [-0.05, 0) is 54.7 Å². The van der Waals surface area contributed by atoms with Gasteiger partial charge in [0, 0.05) is 11.3 Å². The van der Waals surface area contributed by atoms with Gasteiger partial charge in [-0.2, -0.15) is 0 Å². The van der Waals surface area contributed by atoms with Crippen LogP contribution in [0.2, 0.25) is 0 Å². The monoisotopic (exact) mass is 603 g/mol. The zero-order chi connectivity index (χ0) is 29.8. The topological polar surface area (TPSA) is 92.6 Å². The molecule has 10 heteroatoms. The molecule has 1 amide bonds. The lowest BCUT2D eigenvalue weighted by atomic mass is 9.95. The van der Waals surface area contributed by atoms with Crippen LogP contribution in [0.25, 0.3) is 5.76 Å². The number of Topliss-reactive ketones (excluding diaryl/α,β-unsaturated/α-hetero) is 1. The molecule has 0 spiro atoms. The number of aliphatic hydroxyl groups is 1. The summed E-state index contributed by atoms with van der Waals surface area (Å²) in [5.41, 5.74) is 2.90. The number of halogens is 1. The Morgan fingerprint density at radius 3 is 2.52 bits per heavy atom. The average Bonchev–Trinajstić information content (AvgIpc) is 3.54. The van der Waals surface area contributed by atoms with Crippen LogP contribution in [0.1, 0.15) is 48.6 Å². The molecule has 216 valence electrons. The molecule has 3 aromatic carbocycles. The Bertz CT molecular complexity index is 1620. The van der Waals surface area contributed by atoms with Gasteiger partial charge >= 0.3 is 5.91 Å². The van der Waals surface area contributed by atoms with Crippen molar-refractivity contribution in [3.8, 4) is 5.75 Å². The van der Waals surface area contributed by atoms with Gasteiger partial charge < -0.3 is 9.84 Å². The SMILES string of the molecule is Cc1ccc(C(O)=C2C(=O)C(=O)N(c3nnc(SCc4ccc(F)cc4)s3)C2c2cccc(OCCC(C)C)c2)cc1. The lowest BCUT2D eigenvalue weighted by Crippen LogP contribution is -2.29. The summed E-state index contributed by atoms with van der Waals surface area (Å²) >= 11 is 2.57. The molecule has 42 heavy (non-hydrogen) atoms. The molecule has 1 saturated heterocycles. The molecule has 5 rings (SSSR count). The molecule has 1 unspecified atom stereocenters. The van der Waals surface area contributed by atoms with Gasteiger partial charge in [-0.1, -0.05) is 91.0 Å². The van der Waals surface area contributed by atoms with E-state index in [9.17, 15) is 19.1 Å². The zero-order valence-electron chi connectivity index (χ0n) is 23.4. The fourth-order valence-electron chi connectivity index (χ4n) is 4.48. The largest absolute Gasteiger partial charge is 0.507 e. The number of carbonyl (C=O) groups is 2. The van der Waals surface area contributed by atoms with Crippen molar-refractivity contribution in [2.75, 3.05) is 11.5 Å². The Kier molecular flexibility index (Phi) is 9.03. The number of ketones is 1. The highest BCUT2D eigenvalue weighted by Crippen LogP contribution is 2.44. The van der Waals surface area contributed by atoms with Gasteiger partial charge in [0.2, 0.25) is 5.13 Å². The summed E-state index contributed by atoms with van der Waals surface area (Å²) in [6.07, 6.45) is 0.874. The van der Waals surface area contributed by atoms with Crippen molar-refractivity contribution >= 4 is 45.7 Å². The van der Waals surface area contributed by atoms with Crippen LogP contribution in [-0.2, 0) is 15.3 Å². The first-order valence-electron chi connectivity index (χ1n) is 13.5. The third-order valence-electron chi connectivity index (χ3n) is 6.78. The Morgan fingerprint density at radius 1 is 1.07 bits per heavy atom. The normalized spacial score (nSPS) is 16.4. The average molecular weight is 604 g/mol. The number of amides is 1. The highest BCUT2D eigenvalue weighted by Gasteiger charge is 2.48. The summed E-state index contributed by atoms with van der Waals surface area (Å²) in [4.78, 5) is 28.4. The number of aromatic nitrogens is 2.